The van der Waals surface area contributed by atoms with Crippen LogP contribution in [0.2, 0.25) is 0 Å². The molecule has 2 aromatic heterocycles. The summed E-state index contributed by atoms with van der Waals surface area (Å²) in [6.45, 7) is 1.73. The molecular formula is C20H20N4O4S. The second kappa shape index (κ2) is 9.65. The van der Waals surface area contributed by atoms with Crippen LogP contribution in [0.3, 0.4) is 0 Å². The van der Waals surface area contributed by atoms with Gasteiger partial charge in [-0.2, -0.15) is 5.10 Å². The van der Waals surface area contributed by atoms with Crippen molar-refractivity contribution in [2.75, 3.05) is 18.5 Å². The van der Waals surface area contributed by atoms with Gasteiger partial charge in [-0.1, -0.05) is 12.1 Å². The SMILES string of the molecule is CC(=O)Nc1cccc(OCC(=O)NCCn2nc(-c3cccs3)ccc2=O)c1. The highest BCUT2D eigenvalue weighted by Crippen LogP contribution is 2.21. The minimum atomic E-state index is -0.322. The summed E-state index contributed by atoms with van der Waals surface area (Å²) < 4.78 is 6.76. The zero-order valence-electron chi connectivity index (χ0n) is 15.8. The third-order valence-electron chi connectivity index (χ3n) is 3.81. The van der Waals surface area contributed by atoms with Crippen molar-refractivity contribution in [1.29, 1.82) is 0 Å². The molecule has 0 spiro atoms. The number of amides is 2. The van der Waals surface area contributed by atoms with E-state index in [9.17, 15) is 14.4 Å². The van der Waals surface area contributed by atoms with E-state index in [0.717, 1.165) is 4.88 Å². The Morgan fingerprint density at radius 3 is 2.79 bits per heavy atom. The summed E-state index contributed by atoms with van der Waals surface area (Å²) in [6.07, 6.45) is 0. The molecule has 3 rings (SSSR count). The molecule has 0 radical (unpaired) electrons. The highest BCUT2D eigenvalue weighted by molar-refractivity contribution is 7.13. The molecule has 2 heterocycles. The lowest BCUT2D eigenvalue weighted by Gasteiger charge is -2.10. The van der Waals surface area contributed by atoms with Crippen molar-refractivity contribution < 1.29 is 14.3 Å². The lowest BCUT2D eigenvalue weighted by molar-refractivity contribution is -0.123. The molecule has 0 saturated carbocycles. The van der Waals surface area contributed by atoms with Crippen LogP contribution in [0.1, 0.15) is 6.92 Å². The van der Waals surface area contributed by atoms with Crippen molar-refractivity contribution in [1.82, 2.24) is 15.1 Å². The normalized spacial score (nSPS) is 10.4. The van der Waals surface area contributed by atoms with Crippen molar-refractivity contribution in [3.63, 3.8) is 0 Å². The number of benzene rings is 1. The molecule has 3 aromatic rings. The van der Waals surface area contributed by atoms with Crippen LogP contribution in [0.15, 0.2) is 58.7 Å². The Labute approximate surface area is 171 Å². The van der Waals surface area contributed by atoms with E-state index < -0.39 is 0 Å². The largest absolute Gasteiger partial charge is 0.484 e. The van der Waals surface area contributed by atoms with Crippen molar-refractivity contribution >= 4 is 28.8 Å². The summed E-state index contributed by atoms with van der Waals surface area (Å²) in [4.78, 5) is 36.0. The van der Waals surface area contributed by atoms with E-state index in [1.54, 1.807) is 41.7 Å². The fraction of sp³-hybridized carbons (Fsp3) is 0.200. The zero-order chi connectivity index (χ0) is 20.6. The van der Waals surface area contributed by atoms with Crippen molar-refractivity contribution in [3.8, 4) is 16.3 Å². The molecule has 0 aliphatic rings. The third-order valence-corrected chi connectivity index (χ3v) is 4.70. The van der Waals surface area contributed by atoms with Crippen molar-refractivity contribution in [3.05, 3.63) is 64.3 Å². The monoisotopic (exact) mass is 412 g/mol. The summed E-state index contributed by atoms with van der Waals surface area (Å²) in [7, 11) is 0. The highest BCUT2D eigenvalue weighted by atomic mass is 32.1. The standard InChI is InChI=1S/C20H20N4O4S/c1-14(25)22-15-4-2-5-16(12-15)28-13-19(26)21-9-10-24-20(27)8-7-17(23-24)18-6-3-11-29-18/h2-8,11-12H,9-10,13H2,1H3,(H,21,26)(H,22,25). The van der Waals surface area contributed by atoms with Crippen LogP contribution in [0.4, 0.5) is 5.69 Å². The topological polar surface area (TPSA) is 102 Å². The highest BCUT2D eigenvalue weighted by Gasteiger charge is 2.07. The van der Waals surface area contributed by atoms with Gasteiger partial charge in [0.05, 0.1) is 11.4 Å². The van der Waals surface area contributed by atoms with E-state index in [4.69, 9.17) is 4.74 Å². The summed E-state index contributed by atoms with van der Waals surface area (Å²) >= 11 is 1.54. The van der Waals surface area contributed by atoms with E-state index in [2.05, 4.69) is 15.7 Å². The average molecular weight is 412 g/mol. The van der Waals surface area contributed by atoms with Gasteiger partial charge in [0.1, 0.15) is 11.4 Å². The predicted molar refractivity (Wildman–Crippen MR) is 111 cm³/mol. The van der Waals surface area contributed by atoms with Gasteiger partial charge in [-0.25, -0.2) is 4.68 Å². The summed E-state index contributed by atoms with van der Waals surface area (Å²) in [6, 6.07) is 13.8. The number of nitrogens with one attached hydrogen (secondary N) is 2. The van der Waals surface area contributed by atoms with Gasteiger partial charge < -0.3 is 15.4 Å². The van der Waals surface area contributed by atoms with Crippen molar-refractivity contribution in [2.24, 2.45) is 0 Å². The first-order chi connectivity index (χ1) is 14.0. The zero-order valence-corrected chi connectivity index (χ0v) is 16.6. The number of thiophene rings is 1. The van der Waals surface area contributed by atoms with E-state index in [0.29, 0.717) is 17.1 Å². The van der Waals surface area contributed by atoms with Gasteiger partial charge in [0.25, 0.3) is 11.5 Å². The van der Waals surface area contributed by atoms with Crippen molar-refractivity contribution in [2.45, 2.75) is 13.5 Å². The molecule has 0 atom stereocenters. The lowest BCUT2D eigenvalue weighted by Crippen LogP contribution is -2.34. The maximum absolute atomic E-state index is 12.0. The minimum absolute atomic E-state index is 0.179. The fourth-order valence-corrected chi connectivity index (χ4v) is 3.22. The van der Waals surface area contributed by atoms with Gasteiger partial charge in [0, 0.05) is 31.3 Å². The van der Waals surface area contributed by atoms with Crippen LogP contribution in [0.5, 0.6) is 5.75 Å². The molecule has 9 heteroatoms. The number of nitrogens with zero attached hydrogens (tertiary/aromatic N) is 2. The molecule has 8 nitrogen and oxygen atoms in total. The van der Waals surface area contributed by atoms with Gasteiger partial charge in [0.2, 0.25) is 5.91 Å². The number of hydrogen-bond acceptors (Lipinski definition) is 6. The van der Waals surface area contributed by atoms with Gasteiger partial charge in [0.15, 0.2) is 6.61 Å². The molecule has 2 N–H and O–H groups in total. The maximum atomic E-state index is 12.0. The first kappa shape index (κ1) is 20.3. The number of rotatable bonds is 8. The van der Waals surface area contributed by atoms with Crippen LogP contribution < -0.4 is 20.9 Å². The quantitative estimate of drug-likeness (QED) is 0.590. The Hall–Kier alpha value is -3.46. The molecule has 0 aliphatic heterocycles. The first-order valence-corrected chi connectivity index (χ1v) is 9.78. The lowest BCUT2D eigenvalue weighted by atomic mass is 10.3. The molecule has 2 amide bonds. The Balaban J connectivity index is 1.49. The Morgan fingerprint density at radius 1 is 1.17 bits per heavy atom. The third kappa shape index (κ3) is 6.01. The first-order valence-electron chi connectivity index (χ1n) is 8.90. The van der Waals surface area contributed by atoms with Crippen LogP contribution in [0.25, 0.3) is 10.6 Å². The molecule has 0 saturated heterocycles. The molecule has 0 bridgehead atoms. The molecule has 0 fully saturated rings. The van der Waals surface area contributed by atoms with Crippen LogP contribution in [0, 0.1) is 0 Å². The number of carbonyl (C=O) groups excluding carboxylic acids is 2. The number of ether oxygens (including phenoxy) is 1. The predicted octanol–water partition coefficient (Wildman–Crippen LogP) is 2.13. The Morgan fingerprint density at radius 2 is 2.03 bits per heavy atom. The molecule has 150 valence electrons. The second-order valence-corrected chi connectivity index (χ2v) is 7.05. The molecular weight excluding hydrogens is 392 g/mol. The number of hydrogen-bond donors (Lipinski definition) is 2. The van der Waals surface area contributed by atoms with Gasteiger partial charge in [-0.3, -0.25) is 14.4 Å². The molecule has 29 heavy (non-hydrogen) atoms. The smallest absolute Gasteiger partial charge is 0.266 e. The van der Waals surface area contributed by atoms with Crippen LogP contribution in [-0.4, -0.2) is 34.7 Å². The second-order valence-electron chi connectivity index (χ2n) is 6.10. The minimum Gasteiger partial charge on any atom is -0.484 e. The summed E-state index contributed by atoms with van der Waals surface area (Å²) in [5.74, 6) is -0.0442. The maximum Gasteiger partial charge on any atom is 0.266 e. The van der Waals surface area contributed by atoms with Gasteiger partial charge in [-0.05, 0) is 29.6 Å². The Kier molecular flexibility index (Phi) is 6.75. The van der Waals surface area contributed by atoms with E-state index in [1.165, 1.54) is 17.7 Å². The molecule has 1 aromatic carbocycles. The molecule has 0 aliphatic carbocycles. The fourth-order valence-electron chi connectivity index (χ4n) is 2.53. The number of anilines is 1. The van der Waals surface area contributed by atoms with Gasteiger partial charge >= 0.3 is 0 Å². The molecule has 0 unspecified atom stereocenters. The van der Waals surface area contributed by atoms with Gasteiger partial charge in [-0.15, -0.1) is 11.3 Å². The van der Waals surface area contributed by atoms with Crippen LogP contribution >= 0.6 is 11.3 Å². The van der Waals surface area contributed by atoms with E-state index in [-0.39, 0.29) is 37.1 Å². The Bertz CT molecular complexity index is 1050. The van der Waals surface area contributed by atoms with E-state index in [1.807, 2.05) is 17.5 Å². The number of aromatic nitrogens is 2. The summed E-state index contributed by atoms with van der Waals surface area (Å²) in [5, 5.41) is 11.6. The summed E-state index contributed by atoms with van der Waals surface area (Å²) in [5.41, 5.74) is 1.07. The van der Waals surface area contributed by atoms with E-state index >= 15 is 0 Å². The average Bonchev–Trinajstić information content (AvgIpc) is 3.22. The van der Waals surface area contributed by atoms with Crippen LogP contribution in [-0.2, 0) is 16.1 Å². The number of carbonyl (C=O) groups is 2.